The molecule has 1 aromatic carbocycles. The van der Waals surface area contributed by atoms with Crippen LogP contribution < -0.4 is 0 Å². The van der Waals surface area contributed by atoms with Crippen molar-refractivity contribution in [3.8, 4) is 0 Å². The van der Waals surface area contributed by atoms with E-state index < -0.39 is 0 Å². The lowest BCUT2D eigenvalue weighted by Gasteiger charge is -2.12. The molecule has 2 atom stereocenters. The lowest BCUT2D eigenvalue weighted by molar-refractivity contribution is 0.395. The molecule has 0 amide bonds. The van der Waals surface area contributed by atoms with Gasteiger partial charge in [0.2, 0.25) is 0 Å². The lowest BCUT2D eigenvalue weighted by atomic mass is 9.90. The maximum Gasteiger partial charge on any atom is 0.114 e. The topological polar surface area (TPSA) is 12.5 Å². The van der Waals surface area contributed by atoms with Gasteiger partial charge in [0.25, 0.3) is 0 Å². The smallest absolute Gasteiger partial charge is 0.114 e. The third-order valence-corrected chi connectivity index (χ3v) is 2.99. The van der Waals surface area contributed by atoms with Gasteiger partial charge in [0.1, 0.15) is 12.2 Å². The molecule has 0 spiro atoms. The predicted molar refractivity (Wildman–Crippen MR) is 52.6 cm³/mol. The number of epoxide rings is 1. The van der Waals surface area contributed by atoms with E-state index in [1.165, 1.54) is 22.3 Å². The van der Waals surface area contributed by atoms with E-state index >= 15 is 0 Å². The van der Waals surface area contributed by atoms with Crippen LogP contribution in [0.5, 0.6) is 0 Å². The van der Waals surface area contributed by atoms with Gasteiger partial charge in [0, 0.05) is 0 Å². The van der Waals surface area contributed by atoms with Crippen molar-refractivity contribution in [3.63, 3.8) is 0 Å². The highest BCUT2D eigenvalue weighted by atomic mass is 16.6. The Labute approximate surface area is 78.0 Å². The van der Waals surface area contributed by atoms with Crippen molar-refractivity contribution in [1.29, 1.82) is 0 Å². The third-order valence-electron chi connectivity index (χ3n) is 2.99. The Morgan fingerprint density at radius 3 is 2.77 bits per heavy atom. The molecule has 1 aromatic rings. The van der Waals surface area contributed by atoms with Crippen molar-refractivity contribution in [2.45, 2.75) is 26.1 Å². The molecule has 1 aliphatic heterocycles. The van der Waals surface area contributed by atoms with Gasteiger partial charge >= 0.3 is 0 Å². The summed E-state index contributed by atoms with van der Waals surface area (Å²) in [5, 5.41) is 0. The number of hydrogen-bond acceptors (Lipinski definition) is 1. The molecule has 3 rings (SSSR count). The van der Waals surface area contributed by atoms with Crippen LogP contribution in [0.3, 0.4) is 0 Å². The summed E-state index contributed by atoms with van der Waals surface area (Å²) in [5.41, 5.74) is 5.49. The van der Waals surface area contributed by atoms with E-state index in [0.717, 1.165) is 0 Å². The zero-order valence-corrected chi connectivity index (χ0v) is 7.87. The molecule has 0 saturated carbocycles. The van der Waals surface area contributed by atoms with Gasteiger partial charge in [0.05, 0.1) is 0 Å². The molecular formula is C12H12O. The number of hydrogen-bond donors (Lipinski definition) is 0. The Bertz CT molecular complexity index is 404. The summed E-state index contributed by atoms with van der Waals surface area (Å²) >= 11 is 0. The van der Waals surface area contributed by atoms with Crippen LogP contribution >= 0.6 is 0 Å². The van der Waals surface area contributed by atoms with Gasteiger partial charge in [-0.1, -0.05) is 24.3 Å². The number of ether oxygens (including phenoxy) is 1. The van der Waals surface area contributed by atoms with Crippen molar-refractivity contribution in [2.75, 3.05) is 0 Å². The van der Waals surface area contributed by atoms with Gasteiger partial charge in [-0.2, -0.15) is 0 Å². The van der Waals surface area contributed by atoms with Crippen molar-refractivity contribution in [3.05, 3.63) is 40.5 Å². The molecule has 0 radical (unpaired) electrons. The maximum absolute atomic E-state index is 5.55. The number of aryl methyl sites for hydroxylation is 2. The second-order valence-electron chi connectivity index (χ2n) is 3.91. The summed E-state index contributed by atoms with van der Waals surface area (Å²) in [6.45, 7) is 4.32. The summed E-state index contributed by atoms with van der Waals surface area (Å²) < 4.78 is 5.55. The van der Waals surface area contributed by atoms with E-state index in [2.05, 4.69) is 38.1 Å². The largest absolute Gasteiger partial charge is 0.360 e. The molecule has 1 heteroatoms. The fourth-order valence-corrected chi connectivity index (χ4v) is 2.15. The van der Waals surface area contributed by atoms with Gasteiger partial charge in [-0.05, 0) is 36.1 Å². The van der Waals surface area contributed by atoms with E-state index in [1.54, 1.807) is 0 Å². The Hall–Kier alpha value is -1.08. The summed E-state index contributed by atoms with van der Waals surface area (Å²) in [7, 11) is 0. The first-order chi connectivity index (χ1) is 6.27. The molecule has 1 nitrogen and oxygen atoms in total. The molecule has 66 valence electrons. The van der Waals surface area contributed by atoms with Crippen LogP contribution in [-0.2, 0) is 4.74 Å². The third kappa shape index (κ3) is 0.909. The number of benzene rings is 1. The van der Waals surface area contributed by atoms with Gasteiger partial charge in [-0.3, -0.25) is 0 Å². The van der Waals surface area contributed by atoms with Gasteiger partial charge in [-0.15, -0.1) is 0 Å². The van der Waals surface area contributed by atoms with Crippen LogP contribution in [0.4, 0.5) is 0 Å². The zero-order valence-electron chi connectivity index (χ0n) is 7.87. The minimum atomic E-state index is 0.361. The standard InChI is InChI=1S/C12H12O/c1-7-3-4-8(2)11-9(7)5-6-10-12(11)13-10/h3-6,10,12H,1-2H3. The summed E-state index contributed by atoms with van der Waals surface area (Å²) in [4.78, 5) is 0. The Balaban J connectivity index is 2.30. The van der Waals surface area contributed by atoms with Crippen LogP contribution in [0, 0.1) is 13.8 Å². The number of fused-ring (bicyclic) bond motifs is 3. The van der Waals surface area contributed by atoms with Crippen LogP contribution in [0.25, 0.3) is 6.08 Å². The normalized spacial score (nSPS) is 28.2. The molecule has 1 saturated heterocycles. The minimum absolute atomic E-state index is 0.361. The van der Waals surface area contributed by atoms with E-state index in [4.69, 9.17) is 4.74 Å². The molecule has 0 bridgehead atoms. The summed E-state index contributed by atoms with van der Waals surface area (Å²) in [6.07, 6.45) is 5.10. The fourth-order valence-electron chi connectivity index (χ4n) is 2.15. The predicted octanol–water partition coefficient (Wildman–Crippen LogP) is 2.77. The molecular weight excluding hydrogens is 160 g/mol. The second kappa shape index (κ2) is 2.24. The summed E-state index contributed by atoms with van der Waals surface area (Å²) in [6, 6.07) is 4.37. The molecule has 1 fully saturated rings. The fraction of sp³-hybridized carbons (Fsp3) is 0.333. The highest BCUT2D eigenvalue weighted by molar-refractivity contribution is 5.65. The van der Waals surface area contributed by atoms with E-state index in [0.29, 0.717) is 12.2 Å². The highest BCUT2D eigenvalue weighted by Gasteiger charge is 2.42. The maximum atomic E-state index is 5.55. The van der Waals surface area contributed by atoms with Crippen LogP contribution in [0.1, 0.15) is 28.4 Å². The Kier molecular flexibility index (Phi) is 1.26. The van der Waals surface area contributed by atoms with Gasteiger partial charge < -0.3 is 4.74 Å². The molecule has 1 heterocycles. The average molecular weight is 172 g/mol. The quantitative estimate of drug-likeness (QED) is 0.548. The van der Waals surface area contributed by atoms with Gasteiger partial charge in [0.15, 0.2) is 0 Å². The molecule has 0 aromatic heterocycles. The van der Waals surface area contributed by atoms with E-state index in [9.17, 15) is 0 Å². The van der Waals surface area contributed by atoms with Crippen molar-refractivity contribution >= 4 is 6.08 Å². The second-order valence-corrected chi connectivity index (χ2v) is 3.91. The van der Waals surface area contributed by atoms with E-state index in [-0.39, 0.29) is 0 Å². The molecule has 0 N–H and O–H groups in total. The lowest BCUT2D eigenvalue weighted by Crippen LogP contribution is -2.00. The van der Waals surface area contributed by atoms with Gasteiger partial charge in [-0.25, -0.2) is 0 Å². The Morgan fingerprint density at radius 2 is 1.92 bits per heavy atom. The van der Waals surface area contributed by atoms with Crippen LogP contribution in [0.2, 0.25) is 0 Å². The average Bonchev–Trinajstić information content (AvgIpc) is 2.89. The van der Waals surface area contributed by atoms with E-state index in [1.807, 2.05) is 0 Å². The summed E-state index contributed by atoms with van der Waals surface area (Å²) in [5.74, 6) is 0. The van der Waals surface area contributed by atoms with Crippen molar-refractivity contribution < 1.29 is 4.74 Å². The first-order valence-corrected chi connectivity index (χ1v) is 4.71. The zero-order chi connectivity index (χ0) is 9.00. The molecule has 1 aliphatic carbocycles. The first-order valence-electron chi connectivity index (χ1n) is 4.71. The first kappa shape index (κ1) is 7.34. The van der Waals surface area contributed by atoms with Crippen molar-refractivity contribution in [1.82, 2.24) is 0 Å². The monoisotopic (exact) mass is 172 g/mol. The highest BCUT2D eigenvalue weighted by Crippen LogP contribution is 2.46. The van der Waals surface area contributed by atoms with Crippen LogP contribution in [-0.4, -0.2) is 6.10 Å². The Morgan fingerprint density at radius 1 is 1.15 bits per heavy atom. The minimum Gasteiger partial charge on any atom is -0.360 e. The SMILES string of the molecule is Cc1ccc(C)c2c1C=CC1OC21. The molecule has 2 unspecified atom stereocenters. The van der Waals surface area contributed by atoms with Crippen molar-refractivity contribution in [2.24, 2.45) is 0 Å². The molecule has 2 aliphatic rings. The van der Waals surface area contributed by atoms with Crippen LogP contribution in [0.15, 0.2) is 18.2 Å². The molecule has 13 heavy (non-hydrogen) atoms. The number of rotatable bonds is 0.